The molecule has 3 aromatic heterocycles. The Labute approximate surface area is 196 Å². The molecule has 0 bridgehead atoms. The Balaban J connectivity index is 1.50. The van der Waals surface area contributed by atoms with Crippen LogP contribution in [0, 0.1) is 6.92 Å². The van der Waals surface area contributed by atoms with Crippen LogP contribution in [0.4, 0.5) is 5.82 Å². The second-order valence-electron chi connectivity index (χ2n) is 6.60. The molecule has 8 nitrogen and oxygen atoms in total. The van der Waals surface area contributed by atoms with E-state index in [1.54, 1.807) is 31.4 Å². The molecule has 0 saturated carbocycles. The minimum atomic E-state index is -0.599. The van der Waals surface area contributed by atoms with Crippen LogP contribution in [0.15, 0.2) is 29.6 Å². The molecule has 0 aliphatic heterocycles. The topological polar surface area (TPSA) is 117 Å². The zero-order valence-electron chi connectivity index (χ0n) is 17.0. The number of esters is 2. The molecule has 0 radical (unpaired) electrons. The molecule has 0 spiro atoms. The van der Waals surface area contributed by atoms with Crippen molar-refractivity contribution in [2.45, 2.75) is 20.5 Å². The summed E-state index contributed by atoms with van der Waals surface area (Å²) in [6.45, 7) is 3.59. The highest BCUT2D eigenvalue weighted by Gasteiger charge is 2.21. The normalized spacial score (nSPS) is 11.0. The molecular weight excluding hydrogens is 472 g/mol. The largest absolute Gasteiger partial charge is 0.462 e. The van der Waals surface area contributed by atoms with Crippen molar-refractivity contribution in [1.29, 1.82) is 0 Å². The molecule has 2 N–H and O–H groups in total. The van der Waals surface area contributed by atoms with E-state index in [0.29, 0.717) is 30.7 Å². The molecule has 11 heteroatoms. The van der Waals surface area contributed by atoms with Crippen LogP contribution in [0.1, 0.15) is 38.5 Å². The van der Waals surface area contributed by atoms with Gasteiger partial charge in [0.1, 0.15) is 20.5 Å². The number of hydrogen-bond donors (Lipinski definition) is 1. The minimum Gasteiger partial charge on any atom is -0.462 e. The average Bonchev–Trinajstić information content (AvgIpc) is 3.38. The van der Waals surface area contributed by atoms with Gasteiger partial charge in [-0.15, -0.1) is 22.7 Å². The highest BCUT2D eigenvalue weighted by Crippen LogP contribution is 2.33. The summed E-state index contributed by atoms with van der Waals surface area (Å²) in [4.78, 5) is 38.5. The van der Waals surface area contributed by atoms with E-state index in [0.717, 1.165) is 5.56 Å². The van der Waals surface area contributed by atoms with Crippen LogP contribution < -0.4 is 5.73 Å². The number of aryl methyl sites for hydroxylation is 1. The number of aromatic nitrogens is 3. The molecule has 0 fully saturated rings. The first-order valence-corrected chi connectivity index (χ1v) is 11.6. The number of nitrogens with two attached hydrogens (primary N) is 1. The quantitative estimate of drug-likeness (QED) is 0.381. The fraction of sp³-hybridized carbons (Fsp3) is 0.190. The molecular formula is C21H17ClN4O4S2. The molecule has 0 unspecified atom stereocenters. The molecule has 1 aromatic carbocycles. The summed E-state index contributed by atoms with van der Waals surface area (Å²) in [5.41, 5.74) is 7.79. The lowest BCUT2D eigenvalue weighted by atomic mass is 10.2. The highest BCUT2D eigenvalue weighted by molar-refractivity contribution is 7.20. The van der Waals surface area contributed by atoms with Gasteiger partial charge in [-0.3, -0.25) is 0 Å². The molecule has 3 heterocycles. The minimum absolute atomic E-state index is 0.182. The Hall–Kier alpha value is -3.08. The monoisotopic (exact) mass is 488 g/mol. The van der Waals surface area contributed by atoms with Crippen LogP contribution in [0.5, 0.6) is 0 Å². The van der Waals surface area contributed by atoms with E-state index in [1.165, 1.54) is 22.7 Å². The van der Waals surface area contributed by atoms with E-state index in [-0.39, 0.29) is 30.5 Å². The third-order valence-corrected chi connectivity index (χ3v) is 6.77. The number of fused-ring (bicyclic) bond motifs is 1. The number of thiophene rings is 1. The summed E-state index contributed by atoms with van der Waals surface area (Å²) in [5.74, 6) is -0.587. The molecule has 0 saturated heterocycles. The predicted octanol–water partition coefficient (Wildman–Crippen LogP) is 4.89. The summed E-state index contributed by atoms with van der Waals surface area (Å²) in [6.07, 6.45) is 0. The molecule has 0 atom stereocenters. The zero-order valence-corrected chi connectivity index (χ0v) is 19.4. The molecule has 0 aliphatic rings. The lowest BCUT2D eigenvalue weighted by Gasteiger charge is -2.04. The van der Waals surface area contributed by atoms with Crippen molar-refractivity contribution in [3.05, 3.63) is 56.6 Å². The van der Waals surface area contributed by atoms with Gasteiger partial charge in [-0.1, -0.05) is 23.7 Å². The van der Waals surface area contributed by atoms with Crippen LogP contribution in [0.3, 0.4) is 0 Å². The number of rotatable bonds is 6. The van der Waals surface area contributed by atoms with Crippen molar-refractivity contribution in [3.63, 3.8) is 0 Å². The molecule has 4 aromatic rings. The van der Waals surface area contributed by atoms with Crippen molar-refractivity contribution < 1.29 is 19.1 Å². The standard InChI is InChI=1S/C21H17ClN4O4S2/c1-3-29-21(28)16-10(2)15-17(23)25-14(26-19(15)32-16)8-30-20(27)13-9-31-18(24-13)11-4-6-12(22)7-5-11/h4-7,9H,3,8H2,1-2H3,(H2,23,25,26). The maximum absolute atomic E-state index is 12.4. The fourth-order valence-corrected chi connectivity index (χ4v) is 4.99. The number of nitrogens with zero attached hydrogens (tertiary/aromatic N) is 3. The van der Waals surface area contributed by atoms with E-state index < -0.39 is 11.9 Å². The van der Waals surface area contributed by atoms with E-state index in [2.05, 4.69) is 15.0 Å². The summed E-state index contributed by atoms with van der Waals surface area (Å²) in [6, 6.07) is 7.17. The number of halogens is 1. The molecule has 164 valence electrons. The number of carbonyl (C=O) groups is 2. The van der Waals surface area contributed by atoms with Crippen LogP contribution in [-0.2, 0) is 16.1 Å². The second kappa shape index (κ2) is 9.19. The Morgan fingerprint density at radius 1 is 1.09 bits per heavy atom. The SMILES string of the molecule is CCOC(=O)c1sc2nc(COC(=O)c3csc(-c4ccc(Cl)cc4)n3)nc(N)c2c1C. The van der Waals surface area contributed by atoms with Crippen molar-refractivity contribution in [2.75, 3.05) is 12.3 Å². The summed E-state index contributed by atoms with van der Waals surface area (Å²) < 4.78 is 10.4. The van der Waals surface area contributed by atoms with Gasteiger partial charge in [0, 0.05) is 16.0 Å². The van der Waals surface area contributed by atoms with Gasteiger partial charge in [-0.2, -0.15) is 0 Å². The zero-order chi connectivity index (χ0) is 22.8. The average molecular weight is 489 g/mol. The molecule has 4 rings (SSSR count). The fourth-order valence-electron chi connectivity index (χ4n) is 2.97. The van der Waals surface area contributed by atoms with Gasteiger partial charge in [0.2, 0.25) is 0 Å². The first-order valence-electron chi connectivity index (χ1n) is 9.48. The van der Waals surface area contributed by atoms with Gasteiger partial charge < -0.3 is 15.2 Å². The lowest BCUT2D eigenvalue weighted by molar-refractivity contribution is 0.0456. The smallest absolute Gasteiger partial charge is 0.358 e. The van der Waals surface area contributed by atoms with Crippen molar-refractivity contribution in [2.24, 2.45) is 0 Å². The first-order chi connectivity index (χ1) is 15.4. The number of thiazole rings is 1. The van der Waals surface area contributed by atoms with Gasteiger partial charge in [-0.25, -0.2) is 24.5 Å². The van der Waals surface area contributed by atoms with Crippen molar-refractivity contribution in [1.82, 2.24) is 15.0 Å². The number of ether oxygens (including phenoxy) is 2. The van der Waals surface area contributed by atoms with Gasteiger partial charge >= 0.3 is 11.9 Å². The first kappa shape index (κ1) is 22.1. The van der Waals surface area contributed by atoms with Gasteiger partial charge in [-0.05, 0) is 31.5 Å². The number of hydrogen-bond acceptors (Lipinski definition) is 10. The maximum atomic E-state index is 12.4. The third-order valence-electron chi connectivity index (χ3n) is 4.46. The Morgan fingerprint density at radius 2 is 1.84 bits per heavy atom. The maximum Gasteiger partial charge on any atom is 0.358 e. The van der Waals surface area contributed by atoms with Crippen LogP contribution in [0.2, 0.25) is 5.02 Å². The Morgan fingerprint density at radius 3 is 2.56 bits per heavy atom. The van der Waals surface area contributed by atoms with E-state index >= 15 is 0 Å². The number of nitrogen functional groups attached to an aromatic ring is 1. The van der Waals surface area contributed by atoms with Crippen LogP contribution in [0.25, 0.3) is 20.8 Å². The summed E-state index contributed by atoms with van der Waals surface area (Å²) in [5, 5.41) is 3.52. The second-order valence-corrected chi connectivity index (χ2v) is 8.90. The molecule has 0 amide bonds. The van der Waals surface area contributed by atoms with Crippen molar-refractivity contribution in [3.8, 4) is 10.6 Å². The number of benzene rings is 1. The Kier molecular flexibility index (Phi) is 6.35. The van der Waals surface area contributed by atoms with Gasteiger partial charge in [0.15, 0.2) is 18.1 Å². The van der Waals surface area contributed by atoms with Crippen LogP contribution >= 0.6 is 34.3 Å². The Bertz CT molecular complexity index is 1320. The van der Waals surface area contributed by atoms with Gasteiger partial charge in [0.05, 0.1) is 12.0 Å². The van der Waals surface area contributed by atoms with Gasteiger partial charge in [0.25, 0.3) is 0 Å². The summed E-state index contributed by atoms with van der Waals surface area (Å²) in [7, 11) is 0. The lowest BCUT2D eigenvalue weighted by Crippen LogP contribution is -2.09. The van der Waals surface area contributed by atoms with Crippen molar-refractivity contribution >= 4 is 62.2 Å². The third kappa shape index (κ3) is 4.43. The van der Waals surface area contributed by atoms with E-state index in [1.807, 2.05) is 12.1 Å². The summed E-state index contributed by atoms with van der Waals surface area (Å²) >= 11 is 8.40. The number of anilines is 1. The molecule has 0 aliphatic carbocycles. The van der Waals surface area contributed by atoms with Crippen LogP contribution in [-0.4, -0.2) is 33.5 Å². The highest BCUT2D eigenvalue weighted by atomic mass is 35.5. The molecule has 32 heavy (non-hydrogen) atoms. The van der Waals surface area contributed by atoms with E-state index in [4.69, 9.17) is 26.8 Å². The van der Waals surface area contributed by atoms with E-state index in [9.17, 15) is 9.59 Å². The predicted molar refractivity (Wildman–Crippen MR) is 124 cm³/mol. The number of carbonyl (C=O) groups excluding carboxylic acids is 2.